The molecular formula is C13H19NO3. The maximum Gasteiger partial charge on any atom is 0.325 e. The van der Waals surface area contributed by atoms with E-state index in [1.54, 1.807) is 6.92 Å². The van der Waals surface area contributed by atoms with Crippen LogP contribution in [0.1, 0.15) is 19.4 Å². The van der Waals surface area contributed by atoms with Crippen LogP contribution in [0, 0.1) is 0 Å². The molecular weight excluding hydrogens is 218 g/mol. The third-order valence-electron chi connectivity index (χ3n) is 2.43. The van der Waals surface area contributed by atoms with Crippen LogP contribution in [-0.2, 0) is 16.0 Å². The minimum atomic E-state index is -1.01. The zero-order chi connectivity index (χ0) is 12.9. The van der Waals surface area contributed by atoms with E-state index >= 15 is 0 Å². The van der Waals surface area contributed by atoms with E-state index in [1.165, 1.54) is 7.11 Å². The second-order valence-electron chi connectivity index (χ2n) is 4.17. The van der Waals surface area contributed by atoms with Gasteiger partial charge in [-0.3, -0.25) is 4.79 Å². The maximum atomic E-state index is 11.5. The SMILES string of the molecule is CCOc1cccc(CC(C)(N)C(=O)OC)c1. The average Bonchev–Trinajstić information content (AvgIpc) is 2.28. The lowest BCUT2D eigenvalue weighted by atomic mass is 9.94. The fourth-order valence-electron chi connectivity index (χ4n) is 1.64. The summed E-state index contributed by atoms with van der Waals surface area (Å²) in [4.78, 5) is 11.5. The van der Waals surface area contributed by atoms with E-state index in [0.717, 1.165) is 11.3 Å². The van der Waals surface area contributed by atoms with Gasteiger partial charge in [0.15, 0.2) is 0 Å². The van der Waals surface area contributed by atoms with Crippen LogP contribution >= 0.6 is 0 Å². The van der Waals surface area contributed by atoms with Crippen molar-refractivity contribution in [1.82, 2.24) is 0 Å². The van der Waals surface area contributed by atoms with E-state index in [1.807, 2.05) is 31.2 Å². The molecule has 0 aromatic heterocycles. The van der Waals surface area contributed by atoms with Crippen molar-refractivity contribution in [3.63, 3.8) is 0 Å². The van der Waals surface area contributed by atoms with Gasteiger partial charge < -0.3 is 15.2 Å². The molecule has 1 rings (SSSR count). The van der Waals surface area contributed by atoms with Gasteiger partial charge in [-0.25, -0.2) is 0 Å². The molecule has 1 aromatic carbocycles. The van der Waals surface area contributed by atoms with E-state index < -0.39 is 11.5 Å². The van der Waals surface area contributed by atoms with Gasteiger partial charge in [-0.1, -0.05) is 12.1 Å². The Morgan fingerprint density at radius 2 is 2.18 bits per heavy atom. The Morgan fingerprint density at radius 3 is 2.76 bits per heavy atom. The molecule has 0 aliphatic heterocycles. The molecule has 4 heteroatoms. The van der Waals surface area contributed by atoms with Crippen molar-refractivity contribution < 1.29 is 14.3 Å². The van der Waals surface area contributed by atoms with E-state index in [2.05, 4.69) is 4.74 Å². The zero-order valence-electron chi connectivity index (χ0n) is 10.5. The zero-order valence-corrected chi connectivity index (χ0v) is 10.5. The van der Waals surface area contributed by atoms with E-state index in [-0.39, 0.29) is 0 Å². The van der Waals surface area contributed by atoms with Crippen LogP contribution in [-0.4, -0.2) is 25.2 Å². The standard InChI is InChI=1S/C13H19NO3/c1-4-17-11-7-5-6-10(8-11)9-13(2,14)12(15)16-3/h5-8H,4,9,14H2,1-3H3. The lowest BCUT2D eigenvalue weighted by Crippen LogP contribution is -2.47. The molecule has 1 atom stereocenters. The molecule has 0 heterocycles. The normalized spacial score (nSPS) is 13.9. The van der Waals surface area contributed by atoms with Crippen molar-refractivity contribution in [2.24, 2.45) is 5.73 Å². The summed E-state index contributed by atoms with van der Waals surface area (Å²) in [6.07, 6.45) is 0.417. The Hall–Kier alpha value is -1.55. The number of methoxy groups -OCH3 is 1. The molecule has 1 unspecified atom stereocenters. The minimum absolute atomic E-state index is 0.417. The number of hydrogen-bond acceptors (Lipinski definition) is 4. The lowest BCUT2D eigenvalue weighted by Gasteiger charge is -2.21. The molecule has 0 aliphatic rings. The van der Waals surface area contributed by atoms with Gasteiger partial charge in [0, 0.05) is 6.42 Å². The van der Waals surface area contributed by atoms with Gasteiger partial charge in [-0.2, -0.15) is 0 Å². The van der Waals surface area contributed by atoms with Gasteiger partial charge in [0.05, 0.1) is 13.7 Å². The largest absolute Gasteiger partial charge is 0.494 e. The van der Waals surface area contributed by atoms with Crippen molar-refractivity contribution in [3.05, 3.63) is 29.8 Å². The molecule has 0 fully saturated rings. The van der Waals surface area contributed by atoms with Crippen molar-refractivity contribution in [3.8, 4) is 5.75 Å². The quantitative estimate of drug-likeness (QED) is 0.789. The number of benzene rings is 1. The number of ether oxygens (including phenoxy) is 2. The van der Waals surface area contributed by atoms with Crippen molar-refractivity contribution in [1.29, 1.82) is 0 Å². The molecule has 0 radical (unpaired) electrons. The number of nitrogens with two attached hydrogens (primary N) is 1. The van der Waals surface area contributed by atoms with Crippen LogP contribution in [0.25, 0.3) is 0 Å². The summed E-state index contributed by atoms with van der Waals surface area (Å²) in [7, 11) is 1.34. The molecule has 0 amide bonds. The second kappa shape index (κ2) is 5.68. The first-order valence-electron chi connectivity index (χ1n) is 5.58. The molecule has 1 aromatic rings. The van der Waals surface area contributed by atoms with Crippen molar-refractivity contribution >= 4 is 5.97 Å². The van der Waals surface area contributed by atoms with Gasteiger partial charge in [0.25, 0.3) is 0 Å². The molecule has 0 bridgehead atoms. The summed E-state index contributed by atoms with van der Waals surface area (Å²) in [5, 5.41) is 0. The highest BCUT2D eigenvalue weighted by molar-refractivity contribution is 5.80. The summed E-state index contributed by atoms with van der Waals surface area (Å²) in [5.74, 6) is 0.366. The van der Waals surface area contributed by atoms with Crippen molar-refractivity contribution in [2.75, 3.05) is 13.7 Å². The number of carbonyl (C=O) groups excluding carboxylic acids is 1. The topological polar surface area (TPSA) is 61.5 Å². The molecule has 94 valence electrons. The molecule has 0 aliphatic carbocycles. The second-order valence-corrected chi connectivity index (χ2v) is 4.17. The molecule has 4 nitrogen and oxygen atoms in total. The molecule has 2 N–H and O–H groups in total. The lowest BCUT2D eigenvalue weighted by molar-refractivity contribution is -0.146. The number of carbonyl (C=O) groups is 1. The Bertz CT molecular complexity index is 388. The Labute approximate surface area is 102 Å². The Kier molecular flexibility index (Phi) is 4.52. The molecule has 0 saturated carbocycles. The number of rotatable bonds is 5. The smallest absolute Gasteiger partial charge is 0.325 e. The first-order valence-corrected chi connectivity index (χ1v) is 5.58. The fraction of sp³-hybridized carbons (Fsp3) is 0.462. The highest BCUT2D eigenvalue weighted by atomic mass is 16.5. The average molecular weight is 237 g/mol. The summed E-state index contributed by atoms with van der Waals surface area (Å²) >= 11 is 0. The van der Waals surface area contributed by atoms with E-state index in [4.69, 9.17) is 10.5 Å². The van der Waals surface area contributed by atoms with Crippen LogP contribution in [0.15, 0.2) is 24.3 Å². The third kappa shape index (κ3) is 3.75. The minimum Gasteiger partial charge on any atom is -0.494 e. The molecule has 17 heavy (non-hydrogen) atoms. The van der Waals surface area contributed by atoms with Crippen LogP contribution in [0.2, 0.25) is 0 Å². The monoisotopic (exact) mass is 237 g/mol. The molecule has 0 spiro atoms. The van der Waals surface area contributed by atoms with Crippen LogP contribution in [0.5, 0.6) is 5.75 Å². The fourth-order valence-corrected chi connectivity index (χ4v) is 1.64. The van der Waals surface area contributed by atoms with Gasteiger partial charge in [0.1, 0.15) is 11.3 Å². The summed E-state index contributed by atoms with van der Waals surface area (Å²) < 4.78 is 10.1. The van der Waals surface area contributed by atoms with Gasteiger partial charge in [-0.15, -0.1) is 0 Å². The van der Waals surface area contributed by atoms with Gasteiger partial charge >= 0.3 is 5.97 Å². The summed E-state index contributed by atoms with van der Waals surface area (Å²) in [6.45, 7) is 4.20. The Morgan fingerprint density at radius 1 is 1.47 bits per heavy atom. The Balaban J connectivity index is 2.80. The maximum absolute atomic E-state index is 11.5. The first kappa shape index (κ1) is 13.5. The van der Waals surface area contributed by atoms with Gasteiger partial charge in [0.2, 0.25) is 0 Å². The highest BCUT2D eigenvalue weighted by Gasteiger charge is 2.29. The predicted octanol–water partition coefficient (Wildman–Crippen LogP) is 1.52. The third-order valence-corrected chi connectivity index (χ3v) is 2.43. The highest BCUT2D eigenvalue weighted by Crippen LogP contribution is 2.18. The van der Waals surface area contributed by atoms with E-state index in [0.29, 0.717) is 13.0 Å². The first-order chi connectivity index (χ1) is 7.99. The van der Waals surface area contributed by atoms with Crippen LogP contribution in [0.4, 0.5) is 0 Å². The van der Waals surface area contributed by atoms with Crippen LogP contribution in [0.3, 0.4) is 0 Å². The molecule has 0 saturated heterocycles. The summed E-state index contributed by atoms with van der Waals surface area (Å²) in [5.41, 5.74) is 5.85. The number of esters is 1. The number of hydrogen-bond donors (Lipinski definition) is 1. The predicted molar refractivity (Wildman–Crippen MR) is 65.9 cm³/mol. The van der Waals surface area contributed by atoms with Crippen LogP contribution < -0.4 is 10.5 Å². The van der Waals surface area contributed by atoms with Gasteiger partial charge in [-0.05, 0) is 31.5 Å². The van der Waals surface area contributed by atoms with Crippen molar-refractivity contribution in [2.45, 2.75) is 25.8 Å². The van der Waals surface area contributed by atoms with E-state index in [9.17, 15) is 4.79 Å². The summed E-state index contributed by atoms with van der Waals surface area (Å²) in [6, 6.07) is 7.56.